The SMILES string of the molecule is Cc1cccc2cccc(N3CCc4c(nc(OC[C@@H]5CCCN5C)nc4N4CCN(C(=O)C5=CC(=O)CC5)[C@@H](CC#N)C4)C3)c12. The van der Waals surface area contributed by atoms with Crippen LogP contribution in [0, 0.1) is 18.3 Å². The Morgan fingerprint density at radius 3 is 2.63 bits per heavy atom. The Balaban J connectivity index is 1.20. The lowest BCUT2D eigenvalue weighted by molar-refractivity contribution is -0.129. The van der Waals surface area contributed by atoms with Gasteiger partial charge in [-0.1, -0.05) is 30.3 Å². The van der Waals surface area contributed by atoms with Crippen LogP contribution in [0.4, 0.5) is 11.5 Å². The molecular formula is C36H41N7O3. The largest absolute Gasteiger partial charge is 0.462 e. The molecule has 1 aromatic heterocycles. The molecule has 4 aliphatic rings. The van der Waals surface area contributed by atoms with Crippen molar-refractivity contribution in [3.63, 3.8) is 0 Å². The zero-order valence-electron chi connectivity index (χ0n) is 26.7. The molecule has 2 fully saturated rings. The number of ketones is 1. The van der Waals surface area contributed by atoms with E-state index in [0.29, 0.717) is 63.3 Å². The Hall–Kier alpha value is -4.49. The summed E-state index contributed by atoms with van der Waals surface area (Å²) in [4.78, 5) is 44.1. The summed E-state index contributed by atoms with van der Waals surface area (Å²) in [5.41, 5.74) is 5.08. The highest BCUT2D eigenvalue weighted by Crippen LogP contribution is 2.36. The molecule has 0 unspecified atom stereocenters. The van der Waals surface area contributed by atoms with E-state index in [1.807, 2.05) is 0 Å². The zero-order chi connectivity index (χ0) is 31.8. The number of benzene rings is 2. The Morgan fingerprint density at radius 1 is 1.02 bits per heavy atom. The number of hydrogen-bond acceptors (Lipinski definition) is 9. The molecular weight excluding hydrogens is 578 g/mol. The fourth-order valence-electron chi connectivity index (χ4n) is 7.59. The van der Waals surface area contributed by atoms with E-state index in [1.165, 1.54) is 28.1 Å². The average Bonchev–Trinajstić information content (AvgIpc) is 3.70. The van der Waals surface area contributed by atoms with E-state index in [1.54, 1.807) is 4.90 Å². The molecule has 0 N–H and O–H groups in total. The van der Waals surface area contributed by atoms with E-state index in [0.717, 1.165) is 49.4 Å². The number of likely N-dealkylation sites (tertiary alicyclic amines) is 1. The average molecular weight is 620 g/mol. The van der Waals surface area contributed by atoms with Crippen LogP contribution in [0.25, 0.3) is 10.8 Å². The van der Waals surface area contributed by atoms with E-state index in [9.17, 15) is 14.9 Å². The van der Waals surface area contributed by atoms with Crippen molar-refractivity contribution in [1.29, 1.82) is 5.26 Å². The predicted octanol–water partition coefficient (Wildman–Crippen LogP) is 4.19. The van der Waals surface area contributed by atoms with Crippen molar-refractivity contribution < 1.29 is 14.3 Å². The number of rotatable bonds is 7. The fourth-order valence-corrected chi connectivity index (χ4v) is 7.59. The number of aromatic nitrogens is 2. The second kappa shape index (κ2) is 12.7. The van der Waals surface area contributed by atoms with Crippen molar-refractivity contribution >= 4 is 34.0 Å². The first kappa shape index (κ1) is 30.2. The van der Waals surface area contributed by atoms with Gasteiger partial charge in [-0.3, -0.25) is 9.59 Å². The highest BCUT2D eigenvalue weighted by molar-refractivity contribution is 6.05. The molecule has 3 aliphatic heterocycles. The number of carbonyl (C=O) groups is 2. The van der Waals surface area contributed by atoms with Crippen LogP contribution in [0.1, 0.15) is 48.9 Å². The molecule has 46 heavy (non-hydrogen) atoms. The maximum absolute atomic E-state index is 13.4. The number of amides is 1. The summed E-state index contributed by atoms with van der Waals surface area (Å²) >= 11 is 0. The van der Waals surface area contributed by atoms with Crippen molar-refractivity contribution in [3.8, 4) is 12.1 Å². The van der Waals surface area contributed by atoms with Crippen LogP contribution in [0.15, 0.2) is 48.0 Å². The molecule has 1 amide bonds. The standard InChI is InChI=1S/C36H41N7O3/c1-24-6-3-7-25-8-4-10-32(33(24)25)41-17-14-30-31(22-41)38-36(46-23-28-9-5-16-40(28)2)39-34(30)42-18-19-43(27(21-42)13-15-37)35(45)26-11-12-29(44)20-26/h3-4,6-8,10,20,27-28H,5,9,11-14,16-19,21-23H2,1-2H3/t27-,28-/m0/s1. The predicted molar refractivity (Wildman–Crippen MR) is 177 cm³/mol. The third-order valence-electron chi connectivity index (χ3n) is 10.2. The lowest BCUT2D eigenvalue weighted by atomic mass is 9.99. The van der Waals surface area contributed by atoms with Crippen LogP contribution in [0.3, 0.4) is 0 Å². The lowest BCUT2D eigenvalue weighted by Gasteiger charge is -2.42. The molecule has 0 radical (unpaired) electrons. The molecule has 2 aromatic carbocycles. The van der Waals surface area contributed by atoms with Gasteiger partial charge in [0.15, 0.2) is 5.78 Å². The topological polar surface area (TPSA) is 106 Å². The minimum Gasteiger partial charge on any atom is -0.462 e. The van der Waals surface area contributed by atoms with Crippen LogP contribution in [0.5, 0.6) is 6.01 Å². The smallest absolute Gasteiger partial charge is 0.318 e. The van der Waals surface area contributed by atoms with Crippen molar-refractivity contribution in [1.82, 2.24) is 19.8 Å². The molecule has 10 heteroatoms. The monoisotopic (exact) mass is 619 g/mol. The minimum atomic E-state index is -0.302. The number of nitrogens with zero attached hydrogens (tertiary/aromatic N) is 7. The Morgan fingerprint density at radius 2 is 1.87 bits per heavy atom. The van der Waals surface area contributed by atoms with Gasteiger partial charge in [0, 0.05) is 60.9 Å². The number of allylic oxidation sites excluding steroid dienone is 1. The van der Waals surface area contributed by atoms with E-state index < -0.39 is 0 Å². The van der Waals surface area contributed by atoms with Crippen LogP contribution in [0.2, 0.25) is 0 Å². The van der Waals surface area contributed by atoms with E-state index in [4.69, 9.17) is 14.7 Å². The molecule has 0 saturated carbocycles. The maximum Gasteiger partial charge on any atom is 0.318 e. The van der Waals surface area contributed by atoms with Crippen LogP contribution in [-0.4, -0.2) is 89.9 Å². The summed E-state index contributed by atoms with van der Waals surface area (Å²) in [6.45, 7) is 6.76. The van der Waals surface area contributed by atoms with Gasteiger partial charge in [-0.05, 0) is 69.3 Å². The second-order valence-corrected chi connectivity index (χ2v) is 13.1. The number of carbonyl (C=O) groups excluding carboxylic acids is 2. The van der Waals surface area contributed by atoms with E-state index >= 15 is 0 Å². The van der Waals surface area contributed by atoms with Gasteiger partial charge in [0.1, 0.15) is 12.4 Å². The Bertz CT molecular complexity index is 1740. The van der Waals surface area contributed by atoms with Crippen molar-refractivity contribution in [2.24, 2.45) is 0 Å². The zero-order valence-corrected chi connectivity index (χ0v) is 26.7. The normalized spacial score (nSPS) is 21.8. The number of aryl methyl sites for hydroxylation is 1. The number of nitriles is 1. The van der Waals surface area contributed by atoms with Crippen molar-refractivity contribution in [3.05, 3.63) is 64.9 Å². The van der Waals surface area contributed by atoms with Gasteiger partial charge in [0.25, 0.3) is 0 Å². The summed E-state index contributed by atoms with van der Waals surface area (Å²) in [7, 11) is 2.14. The highest BCUT2D eigenvalue weighted by atomic mass is 16.5. The number of likely N-dealkylation sites (N-methyl/N-ethyl adjacent to an activating group) is 1. The highest BCUT2D eigenvalue weighted by Gasteiger charge is 2.36. The number of hydrogen-bond donors (Lipinski definition) is 0. The first-order chi connectivity index (χ1) is 22.4. The van der Waals surface area contributed by atoms with Gasteiger partial charge in [0.2, 0.25) is 5.91 Å². The summed E-state index contributed by atoms with van der Waals surface area (Å²) in [5, 5.41) is 12.2. The van der Waals surface area contributed by atoms with Crippen LogP contribution < -0.4 is 14.5 Å². The number of fused-ring (bicyclic) bond motifs is 2. The summed E-state index contributed by atoms with van der Waals surface area (Å²) in [5.74, 6) is 0.718. The van der Waals surface area contributed by atoms with Gasteiger partial charge < -0.3 is 24.3 Å². The van der Waals surface area contributed by atoms with Gasteiger partial charge >= 0.3 is 6.01 Å². The van der Waals surface area contributed by atoms with Gasteiger partial charge in [-0.25, -0.2) is 0 Å². The molecule has 238 valence electrons. The molecule has 1 aliphatic carbocycles. The summed E-state index contributed by atoms with van der Waals surface area (Å²) in [6, 6.07) is 15.6. The number of piperazine rings is 1. The molecule has 3 aromatic rings. The van der Waals surface area contributed by atoms with E-state index in [2.05, 4.69) is 71.1 Å². The summed E-state index contributed by atoms with van der Waals surface area (Å²) in [6.07, 6.45) is 5.57. The number of ether oxygens (including phenoxy) is 1. The second-order valence-electron chi connectivity index (χ2n) is 13.1. The van der Waals surface area contributed by atoms with Gasteiger partial charge in [0.05, 0.1) is 30.8 Å². The van der Waals surface area contributed by atoms with Gasteiger partial charge in [-0.2, -0.15) is 15.2 Å². The lowest BCUT2D eigenvalue weighted by Crippen LogP contribution is -2.56. The quantitative estimate of drug-likeness (QED) is 0.385. The number of anilines is 2. The third-order valence-corrected chi connectivity index (χ3v) is 10.2. The van der Waals surface area contributed by atoms with Crippen LogP contribution in [-0.2, 0) is 22.6 Å². The van der Waals surface area contributed by atoms with E-state index in [-0.39, 0.29) is 24.2 Å². The molecule has 2 atom stereocenters. The third kappa shape index (κ3) is 5.80. The molecule has 4 heterocycles. The molecule has 2 saturated heterocycles. The first-order valence-corrected chi connectivity index (χ1v) is 16.5. The Labute approximate surface area is 270 Å². The van der Waals surface area contributed by atoms with Crippen LogP contribution >= 0.6 is 0 Å². The van der Waals surface area contributed by atoms with Crippen molar-refractivity contribution in [2.45, 2.75) is 64.1 Å². The fraction of sp³-hybridized carbons (Fsp3) is 0.472. The summed E-state index contributed by atoms with van der Waals surface area (Å²) < 4.78 is 6.33. The van der Waals surface area contributed by atoms with Crippen molar-refractivity contribution in [2.75, 3.05) is 56.2 Å². The molecule has 0 bridgehead atoms. The molecule has 0 spiro atoms. The minimum absolute atomic E-state index is 0.00420. The maximum atomic E-state index is 13.4. The molecule has 7 rings (SSSR count). The first-order valence-electron chi connectivity index (χ1n) is 16.5. The van der Waals surface area contributed by atoms with Gasteiger partial charge in [-0.15, -0.1) is 0 Å². The Kier molecular flexibility index (Phi) is 8.34. The molecule has 10 nitrogen and oxygen atoms in total.